The number of rotatable bonds is 4. The summed E-state index contributed by atoms with van der Waals surface area (Å²) in [5.41, 5.74) is 1.58. The van der Waals surface area contributed by atoms with Gasteiger partial charge in [0.1, 0.15) is 0 Å². The number of likely N-dealkylation sites (N-methyl/N-ethyl adjacent to an activating group) is 1. The Morgan fingerprint density at radius 2 is 2.42 bits per heavy atom. The van der Waals surface area contributed by atoms with E-state index in [1.807, 2.05) is 32.1 Å². The molecule has 1 aliphatic rings. The second kappa shape index (κ2) is 6.16. The zero-order valence-electron chi connectivity index (χ0n) is 11.8. The summed E-state index contributed by atoms with van der Waals surface area (Å²) in [5.74, 6) is 0.0642. The third-order valence-electron chi connectivity index (χ3n) is 3.33. The Morgan fingerprint density at radius 1 is 1.63 bits per heavy atom. The van der Waals surface area contributed by atoms with Crippen molar-refractivity contribution < 1.29 is 9.53 Å². The van der Waals surface area contributed by atoms with Crippen LogP contribution in [0.4, 0.5) is 0 Å². The van der Waals surface area contributed by atoms with E-state index >= 15 is 0 Å². The molecule has 2 heterocycles. The van der Waals surface area contributed by atoms with Gasteiger partial charge in [0.2, 0.25) is 0 Å². The Kier molecular flexibility index (Phi) is 4.55. The molecule has 19 heavy (non-hydrogen) atoms. The van der Waals surface area contributed by atoms with Crippen LogP contribution in [0.3, 0.4) is 0 Å². The lowest BCUT2D eigenvalue weighted by molar-refractivity contribution is -0.0196. The summed E-state index contributed by atoms with van der Waals surface area (Å²) in [6.07, 6.45) is 2.65. The zero-order chi connectivity index (χ0) is 13.8. The lowest BCUT2D eigenvalue weighted by Crippen LogP contribution is -2.48. The molecule has 6 nitrogen and oxygen atoms in total. The molecule has 0 bridgehead atoms. The molecule has 1 atom stereocenters. The molecule has 1 unspecified atom stereocenters. The first-order valence-electron chi connectivity index (χ1n) is 6.73. The predicted octanol–water partition coefficient (Wildman–Crippen LogP) is 0.0429. The van der Waals surface area contributed by atoms with E-state index < -0.39 is 0 Å². The number of hydrogen-bond donors (Lipinski definition) is 1. The summed E-state index contributed by atoms with van der Waals surface area (Å²) in [5, 5.41) is 7.41. The van der Waals surface area contributed by atoms with Gasteiger partial charge in [-0.25, -0.2) is 0 Å². The minimum Gasteiger partial charge on any atom is -0.373 e. The second-order valence-corrected chi connectivity index (χ2v) is 4.82. The molecule has 0 aromatic carbocycles. The van der Waals surface area contributed by atoms with Gasteiger partial charge in [0.25, 0.3) is 5.91 Å². The van der Waals surface area contributed by atoms with Crippen molar-refractivity contribution >= 4 is 5.91 Å². The van der Waals surface area contributed by atoms with Crippen molar-refractivity contribution in [1.29, 1.82) is 0 Å². The van der Waals surface area contributed by atoms with E-state index in [4.69, 9.17) is 4.74 Å². The third kappa shape index (κ3) is 3.13. The molecule has 0 aliphatic carbocycles. The molecule has 106 valence electrons. The number of carbonyl (C=O) groups is 1. The number of morpholine rings is 1. The summed E-state index contributed by atoms with van der Waals surface area (Å²) in [7, 11) is 3.74. The Labute approximate surface area is 113 Å². The number of aryl methyl sites for hydroxylation is 2. The highest BCUT2D eigenvalue weighted by molar-refractivity contribution is 5.95. The summed E-state index contributed by atoms with van der Waals surface area (Å²) in [4.78, 5) is 14.4. The number of aromatic nitrogens is 2. The molecule has 0 spiro atoms. The molecular weight excluding hydrogens is 244 g/mol. The third-order valence-corrected chi connectivity index (χ3v) is 3.33. The van der Waals surface area contributed by atoms with Crippen LogP contribution in [0.2, 0.25) is 0 Å². The quantitative estimate of drug-likeness (QED) is 0.836. The van der Waals surface area contributed by atoms with E-state index in [-0.39, 0.29) is 12.0 Å². The molecule has 0 saturated carbocycles. The summed E-state index contributed by atoms with van der Waals surface area (Å²) >= 11 is 0. The van der Waals surface area contributed by atoms with E-state index in [9.17, 15) is 4.79 Å². The van der Waals surface area contributed by atoms with E-state index in [2.05, 4.69) is 10.4 Å². The summed E-state index contributed by atoms with van der Waals surface area (Å²) in [6.45, 7) is 4.66. The fraction of sp³-hybridized carbons (Fsp3) is 0.692. The lowest BCUT2D eigenvalue weighted by Gasteiger charge is -2.32. The van der Waals surface area contributed by atoms with Gasteiger partial charge in [-0.05, 0) is 13.5 Å². The number of ether oxygens (including phenoxy) is 1. The maximum Gasteiger partial charge on any atom is 0.257 e. The molecule has 2 rings (SSSR count). The number of hydrogen-bond acceptors (Lipinski definition) is 4. The van der Waals surface area contributed by atoms with Gasteiger partial charge in [0, 0.05) is 32.9 Å². The van der Waals surface area contributed by atoms with E-state index in [0.29, 0.717) is 19.7 Å². The van der Waals surface area contributed by atoms with Crippen LogP contribution in [0.5, 0.6) is 0 Å². The maximum atomic E-state index is 12.5. The standard InChI is InChI=1S/C13H22N4O2/c1-4-12-11(9-16(3)15-12)13(18)17-5-6-19-10(8-17)7-14-2/h9-10,14H,4-8H2,1-3H3. The van der Waals surface area contributed by atoms with Gasteiger partial charge in [-0.15, -0.1) is 0 Å². The fourth-order valence-corrected chi connectivity index (χ4v) is 2.40. The van der Waals surface area contributed by atoms with Crippen molar-refractivity contribution in [2.75, 3.05) is 33.3 Å². The average Bonchev–Trinajstić information content (AvgIpc) is 2.80. The van der Waals surface area contributed by atoms with Crippen LogP contribution in [0.15, 0.2) is 6.20 Å². The van der Waals surface area contributed by atoms with Crippen LogP contribution in [0.1, 0.15) is 23.0 Å². The Hall–Kier alpha value is -1.40. The fourth-order valence-electron chi connectivity index (χ4n) is 2.40. The monoisotopic (exact) mass is 266 g/mol. The summed E-state index contributed by atoms with van der Waals surface area (Å²) < 4.78 is 7.33. The Morgan fingerprint density at radius 3 is 3.11 bits per heavy atom. The van der Waals surface area contributed by atoms with Crippen LogP contribution >= 0.6 is 0 Å². The average molecular weight is 266 g/mol. The van der Waals surface area contributed by atoms with Gasteiger partial charge in [-0.2, -0.15) is 5.10 Å². The van der Waals surface area contributed by atoms with E-state index in [1.54, 1.807) is 4.68 Å². The van der Waals surface area contributed by atoms with Gasteiger partial charge in [-0.1, -0.05) is 6.92 Å². The first-order valence-corrected chi connectivity index (χ1v) is 6.73. The molecule has 1 aliphatic heterocycles. The Bertz CT molecular complexity index is 442. The van der Waals surface area contributed by atoms with Crippen LogP contribution in [-0.4, -0.2) is 60.0 Å². The first kappa shape index (κ1) is 14.0. The van der Waals surface area contributed by atoms with Crippen molar-refractivity contribution in [3.05, 3.63) is 17.5 Å². The van der Waals surface area contributed by atoms with E-state index in [1.165, 1.54) is 0 Å². The number of carbonyl (C=O) groups excluding carboxylic acids is 1. The van der Waals surface area contributed by atoms with Crippen LogP contribution in [0, 0.1) is 0 Å². The molecular formula is C13H22N4O2. The topological polar surface area (TPSA) is 59.4 Å². The largest absolute Gasteiger partial charge is 0.373 e. The normalized spacial score (nSPS) is 19.7. The molecule has 1 aromatic heterocycles. The molecule has 6 heteroatoms. The maximum absolute atomic E-state index is 12.5. The minimum absolute atomic E-state index is 0.0642. The van der Waals surface area contributed by atoms with Crippen molar-refractivity contribution in [2.24, 2.45) is 7.05 Å². The van der Waals surface area contributed by atoms with Crippen molar-refractivity contribution in [3.8, 4) is 0 Å². The van der Waals surface area contributed by atoms with Crippen LogP contribution in [-0.2, 0) is 18.2 Å². The molecule has 1 fully saturated rings. The SMILES string of the molecule is CCc1nn(C)cc1C(=O)N1CCOC(CNC)C1. The van der Waals surface area contributed by atoms with Crippen molar-refractivity contribution in [3.63, 3.8) is 0 Å². The molecule has 1 N–H and O–H groups in total. The lowest BCUT2D eigenvalue weighted by atomic mass is 10.1. The van der Waals surface area contributed by atoms with Gasteiger partial charge in [0.05, 0.1) is 24.0 Å². The van der Waals surface area contributed by atoms with Crippen LogP contribution < -0.4 is 5.32 Å². The summed E-state index contributed by atoms with van der Waals surface area (Å²) in [6, 6.07) is 0. The second-order valence-electron chi connectivity index (χ2n) is 4.82. The van der Waals surface area contributed by atoms with E-state index in [0.717, 1.165) is 24.2 Å². The highest BCUT2D eigenvalue weighted by Crippen LogP contribution is 2.14. The first-order chi connectivity index (χ1) is 9.15. The van der Waals surface area contributed by atoms with Crippen molar-refractivity contribution in [2.45, 2.75) is 19.4 Å². The molecule has 1 aromatic rings. The Balaban J connectivity index is 2.10. The van der Waals surface area contributed by atoms with Crippen molar-refractivity contribution in [1.82, 2.24) is 20.0 Å². The van der Waals surface area contributed by atoms with Gasteiger partial charge in [-0.3, -0.25) is 9.48 Å². The zero-order valence-corrected chi connectivity index (χ0v) is 11.8. The number of amides is 1. The molecule has 1 amide bonds. The molecule has 0 radical (unpaired) electrons. The number of nitrogens with one attached hydrogen (secondary N) is 1. The van der Waals surface area contributed by atoms with Gasteiger partial charge >= 0.3 is 0 Å². The highest BCUT2D eigenvalue weighted by atomic mass is 16.5. The predicted molar refractivity (Wildman–Crippen MR) is 72.2 cm³/mol. The van der Waals surface area contributed by atoms with Crippen LogP contribution in [0.25, 0.3) is 0 Å². The number of nitrogens with zero attached hydrogens (tertiary/aromatic N) is 3. The van der Waals surface area contributed by atoms with Gasteiger partial charge in [0.15, 0.2) is 0 Å². The smallest absolute Gasteiger partial charge is 0.257 e. The molecule has 1 saturated heterocycles. The van der Waals surface area contributed by atoms with Gasteiger partial charge < -0.3 is 15.0 Å². The highest BCUT2D eigenvalue weighted by Gasteiger charge is 2.26. The minimum atomic E-state index is 0.0642.